The number of rotatable bonds is 7. The van der Waals surface area contributed by atoms with Crippen LogP contribution in [0.15, 0.2) is 24.3 Å². The molecule has 0 bridgehead atoms. The Bertz CT molecular complexity index is 408. The quantitative estimate of drug-likeness (QED) is 0.742. The summed E-state index contributed by atoms with van der Waals surface area (Å²) in [6.45, 7) is 3.75. The second kappa shape index (κ2) is 7.93. The maximum Gasteiger partial charge on any atom is 0.251 e. The molecule has 0 radical (unpaired) electrons. The summed E-state index contributed by atoms with van der Waals surface area (Å²) in [6, 6.07) is 7.67. The van der Waals surface area contributed by atoms with Crippen LogP contribution in [0.25, 0.3) is 0 Å². The number of nitrogens with one attached hydrogen (secondary N) is 2. The lowest BCUT2D eigenvalue weighted by atomic mass is 10.0. The molecule has 1 fully saturated rings. The van der Waals surface area contributed by atoms with Gasteiger partial charge in [0.2, 0.25) is 0 Å². The molecule has 0 aliphatic heterocycles. The normalized spacial score (nSPS) is 15.2. The zero-order valence-corrected chi connectivity index (χ0v) is 12.5. The Morgan fingerprint density at radius 1 is 1.20 bits per heavy atom. The molecule has 1 aliphatic rings. The molecule has 2 rings (SSSR count). The van der Waals surface area contributed by atoms with Crippen molar-refractivity contribution in [2.45, 2.75) is 45.4 Å². The molecule has 1 aromatic carbocycles. The van der Waals surface area contributed by atoms with Crippen LogP contribution in [0, 0.1) is 5.92 Å². The summed E-state index contributed by atoms with van der Waals surface area (Å²) < 4.78 is 0. The minimum atomic E-state index is 0.0412. The third-order valence-electron chi connectivity index (χ3n) is 4.08. The van der Waals surface area contributed by atoms with Gasteiger partial charge in [-0.05, 0) is 49.9 Å². The van der Waals surface area contributed by atoms with E-state index < -0.39 is 0 Å². The van der Waals surface area contributed by atoms with Gasteiger partial charge in [0.1, 0.15) is 0 Å². The Hall–Kier alpha value is -1.51. The number of carbonyl (C=O) groups is 1. The number of hydrogen-bond acceptors (Lipinski definition) is 2. The van der Waals surface area contributed by atoms with Crippen LogP contribution in [0.5, 0.6) is 0 Å². The standard InChI is InChI=1S/C17H26N2O/c1-2-18-16-11-9-15(10-12-16)17(20)19-13-5-8-14-6-3-4-7-14/h9-12,14,18H,2-8,13H2,1H3,(H,19,20). The van der Waals surface area contributed by atoms with Crippen molar-refractivity contribution in [3.63, 3.8) is 0 Å². The topological polar surface area (TPSA) is 41.1 Å². The van der Waals surface area contributed by atoms with Crippen molar-refractivity contribution in [2.75, 3.05) is 18.4 Å². The highest BCUT2D eigenvalue weighted by Crippen LogP contribution is 2.28. The van der Waals surface area contributed by atoms with Gasteiger partial charge in [-0.15, -0.1) is 0 Å². The predicted octanol–water partition coefficient (Wildman–Crippen LogP) is 3.82. The SMILES string of the molecule is CCNc1ccc(C(=O)NCCCC2CCCC2)cc1. The smallest absolute Gasteiger partial charge is 0.251 e. The van der Waals surface area contributed by atoms with Crippen LogP contribution >= 0.6 is 0 Å². The summed E-state index contributed by atoms with van der Waals surface area (Å²) in [6.07, 6.45) is 7.94. The van der Waals surface area contributed by atoms with Crippen LogP contribution in [-0.4, -0.2) is 19.0 Å². The fourth-order valence-corrected chi connectivity index (χ4v) is 2.94. The summed E-state index contributed by atoms with van der Waals surface area (Å²) >= 11 is 0. The van der Waals surface area contributed by atoms with Gasteiger partial charge in [0.05, 0.1) is 0 Å². The van der Waals surface area contributed by atoms with Crippen molar-refractivity contribution in [1.82, 2.24) is 5.32 Å². The molecule has 0 unspecified atom stereocenters. The molecule has 0 aromatic heterocycles. The average Bonchev–Trinajstić information content (AvgIpc) is 2.98. The molecule has 1 amide bonds. The van der Waals surface area contributed by atoms with E-state index in [9.17, 15) is 4.79 Å². The molecule has 0 atom stereocenters. The van der Waals surface area contributed by atoms with E-state index in [1.807, 2.05) is 24.3 Å². The second-order valence-corrected chi connectivity index (χ2v) is 5.66. The van der Waals surface area contributed by atoms with Gasteiger partial charge in [-0.1, -0.05) is 25.7 Å². The number of benzene rings is 1. The zero-order valence-electron chi connectivity index (χ0n) is 12.5. The Morgan fingerprint density at radius 3 is 2.55 bits per heavy atom. The molecule has 110 valence electrons. The molecule has 3 heteroatoms. The highest BCUT2D eigenvalue weighted by atomic mass is 16.1. The van der Waals surface area contributed by atoms with Crippen molar-refractivity contribution in [3.8, 4) is 0 Å². The third kappa shape index (κ3) is 4.55. The highest BCUT2D eigenvalue weighted by molar-refractivity contribution is 5.94. The fourth-order valence-electron chi connectivity index (χ4n) is 2.94. The van der Waals surface area contributed by atoms with Crippen LogP contribution in [0.2, 0.25) is 0 Å². The lowest BCUT2D eigenvalue weighted by Gasteiger charge is -2.10. The largest absolute Gasteiger partial charge is 0.385 e. The van der Waals surface area contributed by atoms with E-state index in [0.717, 1.165) is 36.7 Å². The summed E-state index contributed by atoms with van der Waals surface area (Å²) in [7, 11) is 0. The maximum absolute atomic E-state index is 12.0. The van der Waals surface area contributed by atoms with Gasteiger partial charge >= 0.3 is 0 Å². The molecule has 1 saturated carbocycles. The van der Waals surface area contributed by atoms with Gasteiger partial charge in [-0.25, -0.2) is 0 Å². The van der Waals surface area contributed by atoms with E-state index in [4.69, 9.17) is 0 Å². The molecular weight excluding hydrogens is 248 g/mol. The van der Waals surface area contributed by atoms with E-state index in [0.29, 0.717) is 0 Å². The van der Waals surface area contributed by atoms with E-state index in [2.05, 4.69) is 17.6 Å². The van der Waals surface area contributed by atoms with Crippen LogP contribution in [0.1, 0.15) is 55.8 Å². The highest BCUT2D eigenvalue weighted by Gasteiger charge is 2.14. The number of amides is 1. The first-order chi connectivity index (χ1) is 9.79. The molecule has 1 aromatic rings. The first-order valence-corrected chi connectivity index (χ1v) is 7.91. The summed E-state index contributed by atoms with van der Waals surface area (Å²) in [5.74, 6) is 0.950. The zero-order chi connectivity index (χ0) is 14.2. The molecule has 20 heavy (non-hydrogen) atoms. The van der Waals surface area contributed by atoms with Crippen LogP contribution < -0.4 is 10.6 Å². The Morgan fingerprint density at radius 2 is 1.90 bits per heavy atom. The molecule has 0 spiro atoms. The Kier molecular flexibility index (Phi) is 5.90. The van der Waals surface area contributed by atoms with Crippen molar-refractivity contribution < 1.29 is 4.79 Å². The second-order valence-electron chi connectivity index (χ2n) is 5.66. The molecule has 0 heterocycles. The van der Waals surface area contributed by atoms with Gasteiger partial charge in [-0.3, -0.25) is 4.79 Å². The summed E-state index contributed by atoms with van der Waals surface area (Å²) in [4.78, 5) is 12.0. The molecule has 2 N–H and O–H groups in total. The van der Waals surface area contributed by atoms with Crippen molar-refractivity contribution >= 4 is 11.6 Å². The Balaban J connectivity index is 1.68. The van der Waals surface area contributed by atoms with E-state index >= 15 is 0 Å². The van der Waals surface area contributed by atoms with Gasteiger partial charge in [-0.2, -0.15) is 0 Å². The fraction of sp³-hybridized carbons (Fsp3) is 0.588. The summed E-state index contributed by atoms with van der Waals surface area (Å²) in [5, 5.41) is 6.24. The van der Waals surface area contributed by atoms with Gasteiger partial charge in [0, 0.05) is 24.3 Å². The minimum absolute atomic E-state index is 0.0412. The lowest BCUT2D eigenvalue weighted by Crippen LogP contribution is -2.24. The lowest BCUT2D eigenvalue weighted by molar-refractivity contribution is 0.0952. The van der Waals surface area contributed by atoms with Crippen LogP contribution in [0.4, 0.5) is 5.69 Å². The van der Waals surface area contributed by atoms with Gasteiger partial charge < -0.3 is 10.6 Å². The average molecular weight is 274 g/mol. The first kappa shape index (κ1) is 14.9. The van der Waals surface area contributed by atoms with Crippen LogP contribution in [0.3, 0.4) is 0 Å². The van der Waals surface area contributed by atoms with E-state index in [-0.39, 0.29) is 5.91 Å². The van der Waals surface area contributed by atoms with Crippen LogP contribution in [-0.2, 0) is 0 Å². The Labute approximate surface area is 122 Å². The monoisotopic (exact) mass is 274 g/mol. The summed E-state index contributed by atoms with van der Waals surface area (Å²) in [5.41, 5.74) is 1.80. The first-order valence-electron chi connectivity index (χ1n) is 7.91. The number of anilines is 1. The van der Waals surface area contributed by atoms with E-state index in [1.54, 1.807) is 0 Å². The van der Waals surface area contributed by atoms with E-state index in [1.165, 1.54) is 32.1 Å². The third-order valence-corrected chi connectivity index (χ3v) is 4.08. The van der Waals surface area contributed by atoms with Crippen molar-refractivity contribution in [3.05, 3.63) is 29.8 Å². The number of hydrogen-bond donors (Lipinski definition) is 2. The molecular formula is C17H26N2O. The van der Waals surface area contributed by atoms with Crippen molar-refractivity contribution in [2.24, 2.45) is 5.92 Å². The van der Waals surface area contributed by atoms with Crippen molar-refractivity contribution in [1.29, 1.82) is 0 Å². The minimum Gasteiger partial charge on any atom is -0.385 e. The molecule has 3 nitrogen and oxygen atoms in total. The molecule has 1 aliphatic carbocycles. The van der Waals surface area contributed by atoms with Gasteiger partial charge in [0.25, 0.3) is 5.91 Å². The molecule has 0 saturated heterocycles. The predicted molar refractivity (Wildman–Crippen MR) is 84.1 cm³/mol. The number of carbonyl (C=O) groups excluding carboxylic acids is 1. The maximum atomic E-state index is 12.0. The van der Waals surface area contributed by atoms with Gasteiger partial charge in [0.15, 0.2) is 0 Å².